The molecule has 30 heavy (non-hydrogen) atoms. The van der Waals surface area contributed by atoms with E-state index in [4.69, 9.17) is 23.2 Å². The van der Waals surface area contributed by atoms with E-state index in [9.17, 15) is 4.79 Å². The molecule has 0 radical (unpaired) electrons. The quantitative estimate of drug-likeness (QED) is 0.573. The zero-order valence-corrected chi connectivity index (χ0v) is 18.2. The van der Waals surface area contributed by atoms with E-state index in [2.05, 4.69) is 20.0 Å². The number of hydrogen-bond donors (Lipinski definition) is 1. The van der Waals surface area contributed by atoms with Gasteiger partial charge in [0.1, 0.15) is 11.0 Å². The van der Waals surface area contributed by atoms with Crippen molar-refractivity contribution < 1.29 is 4.79 Å². The molecular formula is C22H23Cl2N5O. The Morgan fingerprint density at radius 3 is 2.80 bits per heavy atom. The normalized spacial score (nSPS) is 13.6. The minimum absolute atomic E-state index is 0.193. The fraction of sp³-hybridized carbons (Fsp3) is 0.318. The molecule has 6 nitrogen and oxygen atoms in total. The Hall–Kier alpha value is -2.57. The van der Waals surface area contributed by atoms with Crippen LogP contribution < -0.4 is 5.32 Å². The zero-order chi connectivity index (χ0) is 21.1. The van der Waals surface area contributed by atoms with Crippen molar-refractivity contribution in [2.75, 3.05) is 0 Å². The standard InChI is InChI=1S/C22H23Cl2N5O/c1-15-19(22(24)29(27-15)13-16-5-7-17(23)8-6-16)9-10-21(30)25-12-18-14-28-11-3-2-4-20(28)26-18/h5-10,14H,2-4,11-13H2,1H3,(H,25,30)/b10-9+. The monoisotopic (exact) mass is 443 g/mol. The number of aryl methyl sites for hydroxylation is 3. The number of fused-ring (bicyclic) bond motifs is 1. The number of halogens is 2. The molecule has 1 N–H and O–H groups in total. The van der Waals surface area contributed by atoms with Gasteiger partial charge in [0.25, 0.3) is 0 Å². The summed E-state index contributed by atoms with van der Waals surface area (Å²) in [5.74, 6) is 0.915. The third-order valence-corrected chi connectivity index (χ3v) is 5.81. The molecule has 1 aromatic carbocycles. The van der Waals surface area contributed by atoms with Gasteiger partial charge in [0.05, 0.1) is 24.5 Å². The first kappa shape index (κ1) is 20.7. The molecule has 0 atom stereocenters. The van der Waals surface area contributed by atoms with Crippen LogP contribution in [0.1, 0.15) is 41.2 Å². The van der Waals surface area contributed by atoms with Crippen LogP contribution in [0.15, 0.2) is 36.5 Å². The van der Waals surface area contributed by atoms with Crippen LogP contribution in [-0.2, 0) is 30.8 Å². The summed E-state index contributed by atoms with van der Waals surface area (Å²) >= 11 is 12.4. The number of amides is 1. The average molecular weight is 444 g/mol. The summed E-state index contributed by atoms with van der Waals surface area (Å²) < 4.78 is 3.90. The number of benzene rings is 1. The van der Waals surface area contributed by atoms with Gasteiger partial charge in [-0.15, -0.1) is 0 Å². The number of hydrogen-bond acceptors (Lipinski definition) is 3. The number of imidazole rings is 1. The lowest BCUT2D eigenvalue weighted by Gasteiger charge is -2.11. The molecular weight excluding hydrogens is 421 g/mol. The second-order valence-electron chi connectivity index (χ2n) is 7.42. The van der Waals surface area contributed by atoms with Crippen LogP contribution in [0.4, 0.5) is 0 Å². The van der Waals surface area contributed by atoms with Crippen LogP contribution in [0.3, 0.4) is 0 Å². The van der Waals surface area contributed by atoms with Gasteiger partial charge in [-0.3, -0.25) is 4.79 Å². The Morgan fingerprint density at radius 1 is 1.23 bits per heavy atom. The van der Waals surface area contributed by atoms with Crippen molar-refractivity contribution in [2.45, 2.75) is 45.8 Å². The predicted octanol–water partition coefficient (Wildman–Crippen LogP) is 4.41. The molecule has 156 valence electrons. The number of aromatic nitrogens is 4. The third-order valence-electron chi connectivity index (χ3n) is 5.16. The molecule has 0 spiro atoms. The highest BCUT2D eigenvalue weighted by Gasteiger charge is 2.13. The maximum Gasteiger partial charge on any atom is 0.244 e. The molecule has 0 aliphatic carbocycles. The summed E-state index contributed by atoms with van der Waals surface area (Å²) in [5, 5.41) is 8.56. The van der Waals surface area contributed by atoms with E-state index in [0.717, 1.165) is 41.3 Å². The first-order chi connectivity index (χ1) is 14.5. The minimum Gasteiger partial charge on any atom is -0.347 e. The second kappa shape index (κ2) is 9.06. The van der Waals surface area contributed by atoms with Gasteiger partial charge in [-0.1, -0.05) is 35.3 Å². The number of nitrogens with zero attached hydrogens (tertiary/aromatic N) is 4. The second-order valence-corrected chi connectivity index (χ2v) is 8.22. The predicted molar refractivity (Wildman–Crippen MR) is 119 cm³/mol. The lowest BCUT2D eigenvalue weighted by Crippen LogP contribution is -2.20. The molecule has 1 aliphatic rings. The van der Waals surface area contributed by atoms with E-state index < -0.39 is 0 Å². The van der Waals surface area contributed by atoms with Gasteiger partial charge in [-0.05, 0) is 43.5 Å². The third kappa shape index (κ3) is 4.77. The van der Waals surface area contributed by atoms with Gasteiger partial charge in [-0.2, -0.15) is 5.10 Å². The number of nitrogens with one attached hydrogen (secondary N) is 1. The van der Waals surface area contributed by atoms with E-state index in [0.29, 0.717) is 23.3 Å². The van der Waals surface area contributed by atoms with Crippen LogP contribution in [0.25, 0.3) is 6.08 Å². The van der Waals surface area contributed by atoms with Crippen molar-refractivity contribution in [3.63, 3.8) is 0 Å². The molecule has 0 saturated carbocycles. The Balaban J connectivity index is 1.38. The highest BCUT2D eigenvalue weighted by atomic mass is 35.5. The van der Waals surface area contributed by atoms with Crippen LogP contribution in [0, 0.1) is 6.92 Å². The SMILES string of the molecule is Cc1nn(Cc2ccc(Cl)cc2)c(Cl)c1/C=C/C(=O)NCc1cn2c(n1)CCCC2. The van der Waals surface area contributed by atoms with Crippen molar-refractivity contribution in [3.8, 4) is 0 Å². The number of carbonyl (C=O) groups is 1. The van der Waals surface area contributed by atoms with Crippen LogP contribution in [-0.4, -0.2) is 25.2 Å². The molecule has 8 heteroatoms. The van der Waals surface area contributed by atoms with Gasteiger partial charge < -0.3 is 9.88 Å². The average Bonchev–Trinajstić information content (AvgIpc) is 3.27. The van der Waals surface area contributed by atoms with Gasteiger partial charge in [0.15, 0.2) is 0 Å². The summed E-state index contributed by atoms with van der Waals surface area (Å²) in [6.07, 6.45) is 8.59. The Bertz CT molecular complexity index is 1060. The van der Waals surface area contributed by atoms with Crippen molar-refractivity contribution >= 4 is 35.2 Å². The Labute approximate surface area is 185 Å². The first-order valence-corrected chi connectivity index (χ1v) is 10.7. The summed E-state index contributed by atoms with van der Waals surface area (Å²) in [4.78, 5) is 16.9. The Kier molecular flexibility index (Phi) is 6.25. The maximum atomic E-state index is 12.3. The van der Waals surface area contributed by atoms with E-state index >= 15 is 0 Å². The molecule has 0 bridgehead atoms. The summed E-state index contributed by atoms with van der Waals surface area (Å²) in [5.41, 5.74) is 3.43. The molecule has 3 aromatic rings. The summed E-state index contributed by atoms with van der Waals surface area (Å²) in [6.45, 7) is 3.82. The lowest BCUT2D eigenvalue weighted by molar-refractivity contribution is -0.116. The Morgan fingerprint density at radius 2 is 2.03 bits per heavy atom. The lowest BCUT2D eigenvalue weighted by atomic mass is 10.2. The van der Waals surface area contributed by atoms with Crippen molar-refractivity contribution in [3.05, 3.63) is 75.1 Å². The highest BCUT2D eigenvalue weighted by Crippen LogP contribution is 2.23. The fourth-order valence-corrected chi connectivity index (χ4v) is 4.00. The maximum absolute atomic E-state index is 12.3. The van der Waals surface area contributed by atoms with Crippen LogP contribution in [0.2, 0.25) is 10.2 Å². The smallest absolute Gasteiger partial charge is 0.244 e. The van der Waals surface area contributed by atoms with Crippen LogP contribution in [0.5, 0.6) is 0 Å². The van der Waals surface area contributed by atoms with Gasteiger partial charge >= 0.3 is 0 Å². The number of carbonyl (C=O) groups excluding carboxylic acids is 1. The molecule has 1 aliphatic heterocycles. The molecule has 4 rings (SSSR count). The van der Waals surface area contributed by atoms with E-state index in [1.165, 1.54) is 18.9 Å². The van der Waals surface area contributed by atoms with E-state index in [1.807, 2.05) is 37.4 Å². The highest BCUT2D eigenvalue weighted by molar-refractivity contribution is 6.31. The van der Waals surface area contributed by atoms with E-state index in [-0.39, 0.29) is 5.91 Å². The van der Waals surface area contributed by atoms with Crippen molar-refractivity contribution in [1.29, 1.82) is 0 Å². The molecule has 0 fully saturated rings. The summed E-state index contributed by atoms with van der Waals surface area (Å²) in [7, 11) is 0. The van der Waals surface area contributed by atoms with Gasteiger partial charge in [-0.25, -0.2) is 9.67 Å². The molecule has 1 amide bonds. The first-order valence-electron chi connectivity index (χ1n) is 9.98. The van der Waals surface area contributed by atoms with Gasteiger partial charge in [0, 0.05) is 35.8 Å². The zero-order valence-electron chi connectivity index (χ0n) is 16.7. The molecule has 2 aromatic heterocycles. The number of rotatable bonds is 6. The van der Waals surface area contributed by atoms with E-state index in [1.54, 1.807) is 10.8 Å². The van der Waals surface area contributed by atoms with Crippen molar-refractivity contribution in [2.24, 2.45) is 0 Å². The molecule has 0 saturated heterocycles. The van der Waals surface area contributed by atoms with Gasteiger partial charge in [0.2, 0.25) is 5.91 Å². The van der Waals surface area contributed by atoms with Crippen molar-refractivity contribution in [1.82, 2.24) is 24.6 Å². The minimum atomic E-state index is -0.193. The summed E-state index contributed by atoms with van der Waals surface area (Å²) in [6, 6.07) is 7.55. The molecule has 0 unspecified atom stereocenters. The van der Waals surface area contributed by atoms with Crippen LogP contribution >= 0.6 is 23.2 Å². The topological polar surface area (TPSA) is 64.7 Å². The molecule has 3 heterocycles. The largest absolute Gasteiger partial charge is 0.347 e. The fourth-order valence-electron chi connectivity index (χ4n) is 3.58.